The summed E-state index contributed by atoms with van der Waals surface area (Å²) in [7, 11) is -1.64. The minimum absolute atomic E-state index is 0.0463. The maximum absolute atomic E-state index is 12.7. The standard InChI is InChI=1S/C19H22N2O6S2/c1-3-20(14-8-9-29(25,26)12-14)17(22)11-21-18(23)16(28-19(21)24)10-13-6-4-5-7-15(13)27-2/h4-7,10,14H,3,8-9,11-12H2,1-2H3/b16-10-/t14-/m0/s1. The Morgan fingerprint density at radius 3 is 2.69 bits per heavy atom. The number of rotatable bonds is 6. The van der Waals surface area contributed by atoms with Crippen molar-refractivity contribution < 1.29 is 27.5 Å². The molecular formula is C19H22N2O6S2. The Labute approximate surface area is 173 Å². The maximum atomic E-state index is 12.7. The zero-order valence-electron chi connectivity index (χ0n) is 16.2. The van der Waals surface area contributed by atoms with Crippen LogP contribution in [0.1, 0.15) is 18.9 Å². The maximum Gasteiger partial charge on any atom is 0.294 e. The summed E-state index contributed by atoms with van der Waals surface area (Å²) in [5.41, 5.74) is 0.651. The lowest BCUT2D eigenvalue weighted by molar-refractivity contribution is -0.137. The number of imide groups is 1. The summed E-state index contributed by atoms with van der Waals surface area (Å²) in [6, 6.07) is 6.67. The van der Waals surface area contributed by atoms with Crippen molar-refractivity contribution in [3.63, 3.8) is 0 Å². The minimum Gasteiger partial charge on any atom is -0.496 e. The van der Waals surface area contributed by atoms with Gasteiger partial charge in [-0.05, 0) is 37.2 Å². The Bertz CT molecular complexity index is 973. The molecular weight excluding hydrogens is 416 g/mol. The van der Waals surface area contributed by atoms with Gasteiger partial charge in [0.25, 0.3) is 11.1 Å². The fourth-order valence-corrected chi connectivity index (χ4v) is 6.01. The van der Waals surface area contributed by atoms with Gasteiger partial charge in [0.15, 0.2) is 9.84 Å². The van der Waals surface area contributed by atoms with Crippen LogP contribution in [0.3, 0.4) is 0 Å². The third-order valence-corrected chi connectivity index (χ3v) is 7.56. The molecule has 0 saturated carbocycles. The van der Waals surface area contributed by atoms with Gasteiger partial charge < -0.3 is 9.64 Å². The molecule has 0 spiro atoms. The summed E-state index contributed by atoms with van der Waals surface area (Å²) in [4.78, 5) is 40.3. The van der Waals surface area contributed by atoms with Crippen molar-refractivity contribution in [2.75, 3.05) is 31.7 Å². The molecule has 1 aromatic carbocycles. The van der Waals surface area contributed by atoms with E-state index in [1.165, 1.54) is 12.0 Å². The number of ether oxygens (including phenoxy) is 1. The van der Waals surface area contributed by atoms with Crippen LogP contribution in [-0.4, -0.2) is 73.0 Å². The number of likely N-dealkylation sites (N-methyl/N-ethyl adjacent to an activating group) is 1. The van der Waals surface area contributed by atoms with Gasteiger partial charge in [-0.3, -0.25) is 19.3 Å². The largest absolute Gasteiger partial charge is 0.496 e. The third-order valence-electron chi connectivity index (χ3n) is 4.90. The lowest BCUT2D eigenvalue weighted by Crippen LogP contribution is -2.47. The molecule has 1 atom stereocenters. The highest BCUT2D eigenvalue weighted by molar-refractivity contribution is 8.18. The molecule has 3 amide bonds. The number of thioether (sulfide) groups is 1. The van der Waals surface area contributed by atoms with Crippen molar-refractivity contribution in [1.29, 1.82) is 0 Å². The number of amides is 3. The highest BCUT2D eigenvalue weighted by Gasteiger charge is 2.39. The van der Waals surface area contributed by atoms with Gasteiger partial charge in [-0.15, -0.1) is 0 Å². The quantitative estimate of drug-likeness (QED) is 0.624. The molecule has 156 valence electrons. The number of hydrogen-bond donors (Lipinski definition) is 0. The Hall–Kier alpha value is -2.33. The Morgan fingerprint density at radius 2 is 2.07 bits per heavy atom. The Balaban J connectivity index is 1.74. The molecule has 0 unspecified atom stereocenters. The smallest absolute Gasteiger partial charge is 0.294 e. The van der Waals surface area contributed by atoms with Crippen LogP contribution in [0.25, 0.3) is 6.08 Å². The van der Waals surface area contributed by atoms with E-state index in [4.69, 9.17) is 4.74 Å². The highest BCUT2D eigenvalue weighted by Crippen LogP contribution is 2.34. The number of carbonyl (C=O) groups is 3. The van der Waals surface area contributed by atoms with Crippen molar-refractivity contribution in [1.82, 2.24) is 9.80 Å². The van der Waals surface area contributed by atoms with E-state index in [-0.39, 0.29) is 16.4 Å². The highest BCUT2D eigenvalue weighted by atomic mass is 32.2. The molecule has 0 bridgehead atoms. The van der Waals surface area contributed by atoms with Gasteiger partial charge in [0, 0.05) is 18.2 Å². The second-order valence-corrected chi connectivity index (χ2v) is 9.97. The number of nitrogens with zero attached hydrogens (tertiary/aromatic N) is 2. The van der Waals surface area contributed by atoms with Gasteiger partial charge in [0.2, 0.25) is 5.91 Å². The molecule has 2 saturated heterocycles. The molecule has 29 heavy (non-hydrogen) atoms. The van der Waals surface area contributed by atoms with E-state index in [9.17, 15) is 22.8 Å². The van der Waals surface area contributed by atoms with E-state index in [0.29, 0.717) is 24.3 Å². The Morgan fingerprint density at radius 1 is 1.34 bits per heavy atom. The van der Waals surface area contributed by atoms with Gasteiger partial charge in [0.05, 0.1) is 23.5 Å². The van der Waals surface area contributed by atoms with Crippen LogP contribution in [0.4, 0.5) is 4.79 Å². The van der Waals surface area contributed by atoms with E-state index < -0.39 is 39.5 Å². The summed E-state index contributed by atoms with van der Waals surface area (Å²) in [5, 5.41) is -0.528. The third kappa shape index (κ3) is 4.64. The van der Waals surface area contributed by atoms with Crippen molar-refractivity contribution in [2.24, 2.45) is 0 Å². The fourth-order valence-electron chi connectivity index (χ4n) is 3.45. The van der Waals surface area contributed by atoms with E-state index >= 15 is 0 Å². The predicted molar refractivity (Wildman–Crippen MR) is 110 cm³/mol. The molecule has 2 aliphatic rings. The van der Waals surface area contributed by atoms with Gasteiger partial charge in [-0.2, -0.15) is 0 Å². The topological polar surface area (TPSA) is 101 Å². The van der Waals surface area contributed by atoms with Crippen molar-refractivity contribution >= 4 is 44.7 Å². The van der Waals surface area contributed by atoms with Crippen LogP contribution in [0.5, 0.6) is 5.75 Å². The van der Waals surface area contributed by atoms with Crippen LogP contribution in [0.2, 0.25) is 0 Å². The first-order chi connectivity index (χ1) is 13.8. The number of sulfone groups is 1. The summed E-state index contributed by atoms with van der Waals surface area (Å²) in [6.45, 7) is 1.66. The number of hydrogen-bond acceptors (Lipinski definition) is 7. The van der Waals surface area contributed by atoms with Gasteiger partial charge in [-0.1, -0.05) is 18.2 Å². The molecule has 2 heterocycles. The molecule has 0 N–H and O–H groups in total. The zero-order chi connectivity index (χ0) is 21.2. The predicted octanol–water partition coefficient (Wildman–Crippen LogP) is 1.77. The Kier molecular flexibility index (Phi) is 6.33. The SMILES string of the molecule is CCN(C(=O)CN1C(=O)S/C(=C\c2ccccc2OC)C1=O)[C@H]1CCS(=O)(=O)C1. The van der Waals surface area contributed by atoms with Crippen LogP contribution in [0, 0.1) is 0 Å². The first kappa shape index (κ1) is 21.4. The molecule has 1 aromatic rings. The lowest BCUT2D eigenvalue weighted by atomic mass is 10.2. The van der Waals surface area contributed by atoms with E-state index in [2.05, 4.69) is 0 Å². The summed E-state index contributed by atoms with van der Waals surface area (Å²) >= 11 is 0.765. The summed E-state index contributed by atoms with van der Waals surface area (Å²) < 4.78 is 28.7. The van der Waals surface area contributed by atoms with Crippen molar-refractivity contribution in [3.05, 3.63) is 34.7 Å². The molecule has 0 aliphatic carbocycles. The molecule has 0 aromatic heterocycles. The van der Waals surface area contributed by atoms with E-state index in [1.54, 1.807) is 37.3 Å². The molecule has 2 fully saturated rings. The summed E-state index contributed by atoms with van der Waals surface area (Å²) in [6.07, 6.45) is 1.94. The molecule has 10 heteroatoms. The zero-order valence-corrected chi connectivity index (χ0v) is 17.8. The molecule has 0 radical (unpaired) electrons. The molecule has 3 rings (SSSR count). The molecule has 8 nitrogen and oxygen atoms in total. The van der Waals surface area contributed by atoms with Crippen LogP contribution in [-0.2, 0) is 19.4 Å². The average molecular weight is 439 g/mol. The van der Waals surface area contributed by atoms with Gasteiger partial charge in [0.1, 0.15) is 12.3 Å². The van der Waals surface area contributed by atoms with Crippen molar-refractivity contribution in [3.8, 4) is 5.75 Å². The van der Waals surface area contributed by atoms with E-state index in [1.807, 2.05) is 0 Å². The van der Waals surface area contributed by atoms with E-state index in [0.717, 1.165) is 16.7 Å². The number of para-hydroxylation sites is 1. The fraction of sp³-hybridized carbons (Fsp3) is 0.421. The lowest BCUT2D eigenvalue weighted by Gasteiger charge is -2.28. The van der Waals surface area contributed by atoms with Crippen LogP contribution in [0.15, 0.2) is 29.2 Å². The van der Waals surface area contributed by atoms with Gasteiger partial charge >= 0.3 is 0 Å². The van der Waals surface area contributed by atoms with Gasteiger partial charge in [-0.25, -0.2) is 8.42 Å². The van der Waals surface area contributed by atoms with Crippen LogP contribution >= 0.6 is 11.8 Å². The first-order valence-corrected chi connectivity index (χ1v) is 11.8. The average Bonchev–Trinajstić information content (AvgIpc) is 3.16. The number of methoxy groups -OCH3 is 1. The number of carbonyl (C=O) groups excluding carboxylic acids is 3. The first-order valence-electron chi connectivity index (χ1n) is 9.14. The van der Waals surface area contributed by atoms with Crippen LogP contribution < -0.4 is 4.74 Å². The monoisotopic (exact) mass is 438 g/mol. The second-order valence-electron chi connectivity index (χ2n) is 6.75. The molecule has 2 aliphatic heterocycles. The van der Waals surface area contributed by atoms with Crippen molar-refractivity contribution in [2.45, 2.75) is 19.4 Å². The summed E-state index contributed by atoms with van der Waals surface area (Å²) in [5.74, 6) is -0.452. The second kappa shape index (κ2) is 8.58. The number of benzene rings is 1. The normalized spacial score (nSPS) is 22.3. The minimum atomic E-state index is -3.15.